The summed E-state index contributed by atoms with van der Waals surface area (Å²) in [5.74, 6) is -0.0743. The number of carbonyl (C=O) groups is 1. The fraction of sp³-hybridized carbons (Fsp3) is 0.562. The summed E-state index contributed by atoms with van der Waals surface area (Å²) < 4.78 is 22.5. The van der Waals surface area contributed by atoms with Gasteiger partial charge in [0.2, 0.25) is 0 Å². The second-order valence-corrected chi connectivity index (χ2v) is 8.98. The lowest BCUT2D eigenvalue weighted by atomic mass is 9.92. The second-order valence-electron chi connectivity index (χ2n) is 6.84. The van der Waals surface area contributed by atoms with Crippen LogP contribution in [0.5, 0.6) is 0 Å². The highest BCUT2D eigenvalue weighted by molar-refractivity contribution is 7.89. The van der Waals surface area contributed by atoms with E-state index in [2.05, 4.69) is 19.2 Å². The van der Waals surface area contributed by atoms with Gasteiger partial charge in [0.1, 0.15) is 0 Å². The average Bonchev–Trinajstić information content (AvgIpc) is 2.67. The van der Waals surface area contributed by atoms with E-state index < -0.39 is 9.84 Å². The smallest absolute Gasteiger partial charge is 0.251 e. The second kappa shape index (κ2) is 5.79. The first-order chi connectivity index (χ1) is 9.65. The van der Waals surface area contributed by atoms with Crippen LogP contribution in [-0.4, -0.2) is 26.6 Å². The summed E-state index contributed by atoms with van der Waals surface area (Å²) >= 11 is 0. The van der Waals surface area contributed by atoms with E-state index in [1.807, 2.05) is 0 Å². The Kier molecular flexibility index (Phi) is 4.42. The Morgan fingerprint density at radius 3 is 2.38 bits per heavy atom. The molecular formula is C16H23NO3S. The minimum Gasteiger partial charge on any atom is -0.349 e. The summed E-state index contributed by atoms with van der Waals surface area (Å²) in [5, 5.41) is 3.06. The highest BCUT2D eigenvalue weighted by Gasteiger charge is 2.31. The molecular weight excluding hydrogens is 286 g/mol. The first kappa shape index (κ1) is 16.0. The Balaban J connectivity index is 1.97. The van der Waals surface area contributed by atoms with Gasteiger partial charge in [0, 0.05) is 17.9 Å². The van der Waals surface area contributed by atoms with Gasteiger partial charge in [-0.25, -0.2) is 8.42 Å². The Morgan fingerprint density at radius 1 is 1.29 bits per heavy atom. The number of nitrogens with one attached hydrogen (secondary N) is 1. The number of hydrogen-bond donors (Lipinski definition) is 1. The van der Waals surface area contributed by atoms with Crippen LogP contribution in [0.15, 0.2) is 24.3 Å². The zero-order valence-corrected chi connectivity index (χ0v) is 13.7. The predicted molar refractivity (Wildman–Crippen MR) is 83.9 cm³/mol. The third-order valence-corrected chi connectivity index (χ3v) is 4.81. The Labute approximate surface area is 126 Å². The number of carbonyl (C=O) groups excluding carboxylic acids is 1. The van der Waals surface area contributed by atoms with Crippen LogP contribution in [0.25, 0.3) is 0 Å². The molecule has 21 heavy (non-hydrogen) atoms. The molecule has 0 aliphatic heterocycles. The quantitative estimate of drug-likeness (QED) is 0.929. The maximum absolute atomic E-state index is 12.2. The molecule has 1 saturated carbocycles. The average molecular weight is 309 g/mol. The van der Waals surface area contributed by atoms with Crippen molar-refractivity contribution in [3.63, 3.8) is 0 Å². The van der Waals surface area contributed by atoms with Crippen molar-refractivity contribution in [3.8, 4) is 0 Å². The van der Waals surface area contributed by atoms with Gasteiger partial charge in [-0.3, -0.25) is 4.79 Å². The molecule has 1 N–H and O–H groups in total. The standard InChI is InChI=1S/C16H23NO3S/c1-16(2)9-8-14(10-16)17-15(18)13-6-4-12(5-7-13)11-21(3,19)20/h4-7,14H,8-11H2,1-3H3,(H,17,18). The molecule has 1 atom stereocenters. The number of sulfone groups is 1. The molecule has 0 saturated heterocycles. The summed E-state index contributed by atoms with van der Waals surface area (Å²) in [5.41, 5.74) is 1.59. The highest BCUT2D eigenvalue weighted by atomic mass is 32.2. The van der Waals surface area contributed by atoms with Gasteiger partial charge in [-0.2, -0.15) is 0 Å². The lowest BCUT2D eigenvalue weighted by Gasteiger charge is -2.17. The molecule has 1 aromatic carbocycles. The summed E-state index contributed by atoms with van der Waals surface area (Å²) in [7, 11) is -3.04. The van der Waals surface area contributed by atoms with Crippen LogP contribution in [0.1, 0.15) is 49.0 Å². The topological polar surface area (TPSA) is 63.2 Å². The summed E-state index contributed by atoms with van der Waals surface area (Å²) in [6.45, 7) is 4.44. The fourth-order valence-corrected chi connectivity index (χ4v) is 3.68. The SMILES string of the molecule is CC1(C)CCC(NC(=O)c2ccc(CS(C)(=O)=O)cc2)C1. The van der Waals surface area contributed by atoms with E-state index in [9.17, 15) is 13.2 Å². The van der Waals surface area contributed by atoms with E-state index >= 15 is 0 Å². The van der Waals surface area contributed by atoms with Gasteiger partial charge in [0.05, 0.1) is 5.75 Å². The molecule has 0 radical (unpaired) electrons. The van der Waals surface area contributed by atoms with Crippen molar-refractivity contribution >= 4 is 15.7 Å². The maximum Gasteiger partial charge on any atom is 0.251 e. The van der Waals surface area contributed by atoms with Gasteiger partial charge in [-0.15, -0.1) is 0 Å². The molecule has 0 heterocycles. The maximum atomic E-state index is 12.2. The van der Waals surface area contributed by atoms with Crippen LogP contribution in [0.2, 0.25) is 0 Å². The van der Waals surface area contributed by atoms with E-state index in [-0.39, 0.29) is 17.7 Å². The third-order valence-electron chi connectivity index (χ3n) is 3.95. The molecule has 5 heteroatoms. The van der Waals surface area contributed by atoms with E-state index in [1.54, 1.807) is 24.3 Å². The van der Waals surface area contributed by atoms with Crippen LogP contribution < -0.4 is 5.32 Å². The van der Waals surface area contributed by atoms with Gasteiger partial charge >= 0.3 is 0 Å². The van der Waals surface area contributed by atoms with Crippen LogP contribution in [0.4, 0.5) is 0 Å². The summed E-state index contributed by atoms with van der Waals surface area (Å²) in [6.07, 6.45) is 4.36. The Hall–Kier alpha value is -1.36. The van der Waals surface area contributed by atoms with Crippen LogP contribution in [-0.2, 0) is 15.6 Å². The normalized spacial score (nSPS) is 21.2. The van der Waals surface area contributed by atoms with Crippen molar-refractivity contribution in [2.75, 3.05) is 6.26 Å². The van der Waals surface area contributed by atoms with Gasteiger partial charge < -0.3 is 5.32 Å². The van der Waals surface area contributed by atoms with E-state index in [0.717, 1.165) is 19.3 Å². The minimum atomic E-state index is -3.04. The molecule has 1 aromatic rings. The zero-order valence-electron chi connectivity index (χ0n) is 12.8. The molecule has 0 bridgehead atoms. The lowest BCUT2D eigenvalue weighted by molar-refractivity contribution is 0.0936. The number of benzene rings is 1. The van der Waals surface area contributed by atoms with Crippen molar-refractivity contribution in [2.45, 2.75) is 44.9 Å². The van der Waals surface area contributed by atoms with Crippen molar-refractivity contribution in [1.29, 1.82) is 0 Å². The van der Waals surface area contributed by atoms with Crippen LogP contribution in [0.3, 0.4) is 0 Å². The molecule has 0 aromatic heterocycles. The first-order valence-corrected chi connectivity index (χ1v) is 9.28. The highest BCUT2D eigenvalue weighted by Crippen LogP contribution is 2.36. The largest absolute Gasteiger partial charge is 0.349 e. The number of rotatable bonds is 4. The number of hydrogen-bond acceptors (Lipinski definition) is 3. The molecule has 1 amide bonds. The van der Waals surface area contributed by atoms with Gasteiger partial charge in [0.15, 0.2) is 9.84 Å². The fourth-order valence-electron chi connectivity index (χ4n) is 2.88. The zero-order chi connectivity index (χ0) is 15.7. The predicted octanol–water partition coefficient (Wildman–Crippen LogP) is 2.54. The molecule has 1 aliphatic carbocycles. The van der Waals surface area contributed by atoms with Gasteiger partial charge in [-0.05, 0) is 42.4 Å². The molecule has 116 valence electrons. The minimum absolute atomic E-state index is 0.00567. The first-order valence-electron chi connectivity index (χ1n) is 7.22. The van der Waals surface area contributed by atoms with E-state index in [0.29, 0.717) is 16.5 Å². The van der Waals surface area contributed by atoms with Crippen LogP contribution >= 0.6 is 0 Å². The summed E-state index contributed by atoms with van der Waals surface area (Å²) in [6, 6.07) is 7.03. The Bertz CT molecular complexity index is 617. The van der Waals surface area contributed by atoms with Crippen LogP contribution in [0, 0.1) is 5.41 Å². The molecule has 2 rings (SSSR count). The van der Waals surface area contributed by atoms with Crippen molar-refractivity contribution < 1.29 is 13.2 Å². The van der Waals surface area contributed by atoms with Crippen molar-refractivity contribution in [1.82, 2.24) is 5.32 Å². The van der Waals surface area contributed by atoms with Gasteiger partial charge in [-0.1, -0.05) is 26.0 Å². The number of amides is 1. The van der Waals surface area contributed by atoms with Crippen molar-refractivity contribution in [2.24, 2.45) is 5.41 Å². The van der Waals surface area contributed by atoms with E-state index in [1.165, 1.54) is 6.26 Å². The molecule has 1 aliphatic rings. The van der Waals surface area contributed by atoms with Crippen molar-refractivity contribution in [3.05, 3.63) is 35.4 Å². The van der Waals surface area contributed by atoms with Gasteiger partial charge in [0.25, 0.3) is 5.91 Å². The Morgan fingerprint density at radius 2 is 1.90 bits per heavy atom. The molecule has 1 fully saturated rings. The monoisotopic (exact) mass is 309 g/mol. The third kappa shape index (κ3) is 4.84. The molecule has 1 unspecified atom stereocenters. The molecule has 4 nitrogen and oxygen atoms in total. The van der Waals surface area contributed by atoms with E-state index in [4.69, 9.17) is 0 Å². The lowest BCUT2D eigenvalue weighted by Crippen LogP contribution is -2.33. The summed E-state index contributed by atoms with van der Waals surface area (Å²) in [4.78, 5) is 12.2. The molecule has 0 spiro atoms.